The van der Waals surface area contributed by atoms with E-state index in [1.54, 1.807) is 23.8 Å². The van der Waals surface area contributed by atoms with Gasteiger partial charge in [0.25, 0.3) is 0 Å². The number of rotatable bonds is 5. The van der Waals surface area contributed by atoms with Crippen molar-refractivity contribution in [1.29, 1.82) is 0 Å². The second-order valence-electron chi connectivity index (χ2n) is 6.29. The number of hydrogen-bond donors (Lipinski definition) is 0. The van der Waals surface area contributed by atoms with Gasteiger partial charge in [-0.2, -0.15) is 4.98 Å². The number of anilines is 1. The fraction of sp³-hybridized carbons (Fsp3) is 0.250. The molecule has 0 saturated carbocycles. The van der Waals surface area contributed by atoms with Gasteiger partial charge in [-0.15, -0.1) is 11.8 Å². The summed E-state index contributed by atoms with van der Waals surface area (Å²) in [5, 5.41) is 4.08. The van der Waals surface area contributed by atoms with Crippen LogP contribution in [0.15, 0.2) is 57.9 Å². The standard InChI is InChI=1S/C20H19N3O3S/c1-25-16-8-6-13(7-9-16)19-21-20(26-22-19)14-10-18(24)23(12-14)15-4-3-5-17(11-15)27-2/h3-9,11,14H,10,12H2,1-2H3. The van der Waals surface area contributed by atoms with E-state index in [1.807, 2.05) is 54.8 Å². The molecule has 7 heteroatoms. The van der Waals surface area contributed by atoms with E-state index in [4.69, 9.17) is 9.26 Å². The molecule has 0 radical (unpaired) electrons. The highest BCUT2D eigenvalue weighted by Gasteiger charge is 2.35. The smallest absolute Gasteiger partial charge is 0.232 e. The number of aromatic nitrogens is 2. The molecule has 1 saturated heterocycles. The molecule has 0 N–H and O–H groups in total. The lowest BCUT2D eigenvalue weighted by atomic mass is 10.1. The molecule has 1 fully saturated rings. The van der Waals surface area contributed by atoms with Crippen LogP contribution in [0.3, 0.4) is 0 Å². The van der Waals surface area contributed by atoms with Crippen LogP contribution in [-0.4, -0.2) is 36.0 Å². The Balaban J connectivity index is 1.53. The van der Waals surface area contributed by atoms with Crippen LogP contribution in [-0.2, 0) is 4.79 Å². The van der Waals surface area contributed by atoms with Crippen LogP contribution in [0.4, 0.5) is 5.69 Å². The molecule has 2 aromatic carbocycles. The van der Waals surface area contributed by atoms with Crippen LogP contribution < -0.4 is 9.64 Å². The Morgan fingerprint density at radius 3 is 2.78 bits per heavy atom. The molecule has 1 aromatic heterocycles. The first kappa shape index (κ1) is 17.6. The van der Waals surface area contributed by atoms with E-state index in [2.05, 4.69) is 10.1 Å². The highest BCUT2D eigenvalue weighted by Crippen LogP contribution is 2.33. The van der Waals surface area contributed by atoms with Gasteiger partial charge in [0.2, 0.25) is 17.6 Å². The van der Waals surface area contributed by atoms with Gasteiger partial charge < -0.3 is 14.2 Å². The first-order chi connectivity index (χ1) is 13.2. The van der Waals surface area contributed by atoms with Crippen LogP contribution in [0, 0.1) is 0 Å². The van der Waals surface area contributed by atoms with Gasteiger partial charge in [-0.05, 0) is 48.7 Å². The molecule has 0 spiro atoms. The normalized spacial score (nSPS) is 16.7. The molecule has 3 aromatic rings. The van der Waals surface area contributed by atoms with E-state index in [-0.39, 0.29) is 11.8 Å². The molecule has 6 nitrogen and oxygen atoms in total. The summed E-state index contributed by atoms with van der Waals surface area (Å²) in [4.78, 5) is 20.0. The fourth-order valence-electron chi connectivity index (χ4n) is 3.16. The van der Waals surface area contributed by atoms with Crippen molar-refractivity contribution in [2.75, 3.05) is 24.8 Å². The summed E-state index contributed by atoms with van der Waals surface area (Å²) in [6.07, 6.45) is 2.39. The highest BCUT2D eigenvalue weighted by atomic mass is 32.2. The van der Waals surface area contributed by atoms with Gasteiger partial charge in [0.15, 0.2) is 0 Å². The second kappa shape index (κ2) is 7.44. The average Bonchev–Trinajstić information content (AvgIpc) is 3.35. The molecule has 1 unspecified atom stereocenters. The zero-order chi connectivity index (χ0) is 18.8. The summed E-state index contributed by atoms with van der Waals surface area (Å²) >= 11 is 1.66. The minimum Gasteiger partial charge on any atom is -0.497 e. The predicted octanol–water partition coefficient (Wildman–Crippen LogP) is 3.99. The van der Waals surface area contributed by atoms with Crippen molar-refractivity contribution in [3.8, 4) is 17.1 Å². The predicted molar refractivity (Wildman–Crippen MR) is 104 cm³/mol. The third-order valence-corrected chi connectivity index (χ3v) is 5.35. The zero-order valence-corrected chi connectivity index (χ0v) is 15.9. The van der Waals surface area contributed by atoms with Gasteiger partial charge in [0, 0.05) is 29.1 Å². The Labute approximate surface area is 161 Å². The third-order valence-electron chi connectivity index (χ3n) is 4.63. The maximum absolute atomic E-state index is 12.5. The van der Waals surface area contributed by atoms with E-state index < -0.39 is 0 Å². The molecule has 1 amide bonds. The molecule has 138 valence electrons. The van der Waals surface area contributed by atoms with Gasteiger partial charge in [-0.25, -0.2) is 0 Å². The van der Waals surface area contributed by atoms with E-state index in [0.717, 1.165) is 21.9 Å². The average molecular weight is 381 g/mol. The number of thioether (sulfide) groups is 1. The number of nitrogens with zero attached hydrogens (tertiary/aromatic N) is 3. The van der Waals surface area contributed by atoms with E-state index in [9.17, 15) is 4.79 Å². The Morgan fingerprint density at radius 2 is 2.04 bits per heavy atom. The summed E-state index contributed by atoms with van der Waals surface area (Å²) < 4.78 is 10.6. The second-order valence-corrected chi connectivity index (χ2v) is 7.17. The van der Waals surface area contributed by atoms with E-state index in [0.29, 0.717) is 24.7 Å². The van der Waals surface area contributed by atoms with Gasteiger partial charge in [-0.3, -0.25) is 4.79 Å². The number of methoxy groups -OCH3 is 1. The SMILES string of the molecule is COc1ccc(-c2noc(C3CC(=O)N(c4cccc(SC)c4)C3)n2)cc1. The first-order valence-electron chi connectivity index (χ1n) is 8.60. The lowest BCUT2D eigenvalue weighted by Crippen LogP contribution is -2.24. The van der Waals surface area contributed by atoms with Crippen molar-refractivity contribution < 1.29 is 14.1 Å². The number of carbonyl (C=O) groups excluding carboxylic acids is 1. The number of benzene rings is 2. The van der Waals surface area contributed by atoms with Crippen LogP contribution in [0.25, 0.3) is 11.4 Å². The van der Waals surface area contributed by atoms with Gasteiger partial charge in [0.05, 0.1) is 13.0 Å². The topological polar surface area (TPSA) is 68.5 Å². The summed E-state index contributed by atoms with van der Waals surface area (Å²) in [6.45, 7) is 0.543. The maximum atomic E-state index is 12.5. The van der Waals surface area contributed by atoms with E-state index in [1.165, 1.54) is 0 Å². The Bertz CT molecular complexity index is 955. The minimum atomic E-state index is -0.102. The number of hydrogen-bond acceptors (Lipinski definition) is 6. The van der Waals surface area contributed by atoms with Crippen LogP contribution in [0.5, 0.6) is 5.75 Å². The number of carbonyl (C=O) groups is 1. The maximum Gasteiger partial charge on any atom is 0.232 e. The molecule has 27 heavy (non-hydrogen) atoms. The van der Waals surface area contributed by atoms with Gasteiger partial charge in [-0.1, -0.05) is 11.2 Å². The lowest BCUT2D eigenvalue weighted by Gasteiger charge is -2.16. The van der Waals surface area contributed by atoms with Crippen LogP contribution >= 0.6 is 11.8 Å². The van der Waals surface area contributed by atoms with Crippen molar-refractivity contribution in [1.82, 2.24) is 10.1 Å². The van der Waals surface area contributed by atoms with Crippen molar-refractivity contribution in [3.63, 3.8) is 0 Å². The molecule has 2 heterocycles. The molecular formula is C20H19N3O3S. The minimum absolute atomic E-state index is 0.0717. The van der Waals surface area contributed by atoms with Crippen molar-refractivity contribution in [3.05, 3.63) is 54.4 Å². The molecule has 4 rings (SSSR count). The van der Waals surface area contributed by atoms with Crippen molar-refractivity contribution in [2.45, 2.75) is 17.2 Å². The monoisotopic (exact) mass is 381 g/mol. The van der Waals surface area contributed by atoms with Gasteiger partial charge in [0.1, 0.15) is 5.75 Å². The fourth-order valence-corrected chi connectivity index (χ4v) is 3.61. The molecule has 0 bridgehead atoms. The molecule has 1 aliphatic heterocycles. The highest BCUT2D eigenvalue weighted by molar-refractivity contribution is 7.98. The summed E-state index contributed by atoms with van der Waals surface area (Å²) in [5.74, 6) is 1.75. The first-order valence-corrected chi connectivity index (χ1v) is 9.83. The summed E-state index contributed by atoms with van der Waals surface area (Å²) in [6, 6.07) is 15.5. The quantitative estimate of drug-likeness (QED) is 0.623. The number of amides is 1. The Morgan fingerprint density at radius 1 is 1.22 bits per heavy atom. The van der Waals surface area contributed by atoms with Crippen LogP contribution in [0.2, 0.25) is 0 Å². The zero-order valence-electron chi connectivity index (χ0n) is 15.1. The van der Waals surface area contributed by atoms with Crippen molar-refractivity contribution >= 4 is 23.4 Å². The summed E-state index contributed by atoms with van der Waals surface area (Å²) in [5.41, 5.74) is 1.75. The number of ether oxygens (including phenoxy) is 1. The molecular weight excluding hydrogens is 362 g/mol. The summed E-state index contributed by atoms with van der Waals surface area (Å²) in [7, 11) is 1.62. The third kappa shape index (κ3) is 3.55. The molecule has 1 atom stereocenters. The Kier molecular flexibility index (Phi) is 4.85. The van der Waals surface area contributed by atoms with Crippen molar-refractivity contribution in [2.24, 2.45) is 0 Å². The molecule has 1 aliphatic rings. The van der Waals surface area contributed by atoms with Gasteiger partial charge >= 0.3 is 0 Å². The molecule has 0 aliphatic carbocycles. The lowest BCUT2D eigenvalue weighted by molar-refractivity contribution is -0.117. The Hall–Kier alpha value is -2.80. The van der Waals surface area contributed by atoms with E-state index >= 15 is 0 Å². The van der Waals surface area contributed by atoms with Crippen LogP contribution in [0.1, 0.15) is 18.2 Å². The largest absolute Gasteiger partial charge is 0.497 e.